The number of fused-ring (bicyclic) bond motifs is 1. The second-order valence-corrected chi connectivity index (χ2v) is 9.86. The third kappa shape index (κ3) is 2.71. The topological polar surface area (TPSA) is 121 Å². The number of nitrogens with one attached hydrogen (secondary N) is 1. The Kier molecular flexibility index (Phi) is 4.69. The number of β-lactam (4-membered cyclic amide) rings is 1. The first-order valence-corrected chi connectivity index (χ1v) is 10.1. The number of sulfone groups is 1. The van der Waals surface area contributed by atoms with Gasteiger partial charge >= 0.3 is 5.97 Å². The molecule has 0 saturated carbocycles. The second kappa shape index (κ2) is 5.97. The van der Waals surface area contributed by atoms with Crippen molar-refractivity contribution in [3.63, 3.8) is 0 Å². The lowest BCUT2D eigenvalue weighted by Crippen LogP contribution is -2.61. The number of nitrogens with zero attached hydrogens (tertiary/aromatic N) is 1. The minimum Gasteiger partial charge on any atom is -0.480 e. The summed E-state index contributed by atoms with van der Waals surface area (Å²) in [6, 6.07) is -2.31. The van der Waals surface area contributed by atoms with Crippen molar-refractivity contribution in [3.8, 4) is 0 Å². The van der Waals surface area contributed by atoms with Crippen LogP contribution in [-0.2, 0) is 24.2 Å². The van der Waals surface area contributed by atoms with Gasteiger partial charge in [-0.1, -0.05) is 0 Å². The largest absolute Gasteiger partial charge is 0.480 e. The highest BCUT2D eigenvalue weighted by molar-refractivity contribution is 7.98. The van der Waals surface area contributed by atoms with Gasteiger partial charge in [0.15, 0.2) is 9.84 Å². The Bertz CT molecular complexity index is 645. The van der Waals surface area contributed by atoms with Gasteiger partial charge in [0, 0.05) is 0 Å². The molecule has 2 aliphatic heterocycles. The van der Waals surface area contributed by atoms with Crippen LogP contribution in [0.25, 0.3) is 0 Å². The van der Waals surface area contributed by atoms with E-state index in [9.17, 15) is 27.9 Å². The Morgan fingerprint density at radius 2 is 2.09 bits per heavy atom. The van der Waals surface area contributed by atoms with Crippen LogP contribution >= 0.6 is 11.8 Å². The van der Waals surface area contributed by atoms with E-state index >= 15 is 0 Å². The molecule has 0 spiro atoms. The average molecular weight is 364 g/mol. The molecule has 0 radical (unpaired) electrons. The molecule has 2 fully saturated rings. The fourth-order valence-electron chi connectivity index (χ4n) is 3.00. The van der Waals surface area contributed by atoms with Gasteiger partial charge in [-0.2, -0.15) is 11.8 Å². The normalized spacial score (nSPS) is 28.7. The van der Waals surface area contributed by atoms with E-state index in [2.05, 4.69) is 5.32 Å². The van der Waals surface area contributed by atoms with Gasteiger partial charge in [0.2, 0.25) is 11.8 Å². The van der Waals surface area contributed by atoms with Gasteiger partial charge in [-0.25, -0.2) is 13.2 Å². The maximum absolute atomic E-state index is 12.5. The highest BCUT2D eigenvalue weighted by Gasteiger charge is 2.67. The van der Waals surface area contributed by atoms with Crippen molar-refractivity contribution in [2.45, 2.75) is 48.9 Å². The number of amides is 2. The Balaban J connectivity index is 2.24. The molecule has 2 amide bonds. The van der Waals surface area contributed by atoms with Crippen molar-refractivity contribution < 1.29 is 27.9 Å². The van der Waals surface area contributed by atoms with Crippen LogP contribution in [0.2, 0.25) is 0 Å². The van der Waals surface area contributed by atoms with E-state index in [1.807, 2.05) is 6.26 Å². The summed E-state index contributed by atoms with van der Waals surface area (Å²) in [7, 11) is -3.67. The molecule has 2 aliphatic rings. The molecule has 0 unspecified atom stereocenters. The summed E-state index contributed by atoms with van der Waals surface area (Å²) in [6.45, 7) is 2.80. The van der Waals surface area contributed by atoms with E-state index in [-0.39, 0.29) is 12.8 Å². The zero-order chi connectivity index (χ0) is 17.6. The van der Waals surface area contributed by atoms with Crippen molar-refractivity contribution in [1.29, 1.82) is 0 Å². The molecule has 0 aromatic carbocycles. The molecule has 23 heavy (non-hydrogen) atoms. The first kappa shape index (κ1) is 18.1. The van der Waals surface area contributed by atoms with E-state index in [0.29, 0.717) is 5.75 Å². The zero-order valence-corrected chi connectivity index (χ0v) is 14.7. The minimum absolute atomic E-state index is 0.121. The standard InChI is InChI=1S/C13H20N2O6S2/c1-13(2)10(15-8(16)6-9(15)23(13,20)21)11(17)14-7(12(18)19)4-5-22-3/h7,9-10H,4-6H2,1-3H3,(H,14,17)(H,18,19)/t7-,9+,10+/m0/s1. The summed E-state index contributed by atoms with van der Waals surface area (Å²) in [5.41, 5.74) is 0. The highest BCUT2D eigenvalue weighted by Crippen LogP contribution is 2.45. The molecule has 2 heterocycles. The van der Waals surface area contributed by atoms with Crippen LogP contribution < -0.4 is 5.32 Å². The molecule has 130 valence electrons. The van der Waals surface area contributed by atoms with Gasteiger partial charge in [0.25, 0.3) is 0 Å². The molecule has 0 aromatic heterocycles. The Labute approximate surface area is 138 Å². The molecule has 2 rings (SSSR count). The number of hydrogen-bond acceptors (Lipinski definition) is 6. The summed E-state index contributed by atoms with van der Waals surface area (Å²) in [5.74, 6) is -1.78. The number of hydrogen-bond donors (Lipinski definition) is 2. The number of carbonyl (C=O) groups excluding carboxylic acids is 2. The van der Waals surface area contributed by atoms with Crippen molar-refractivity contribution in [2.24, 2.45) is 0 Å². The summed E-state index contributed by atoms with van der Waals surface area (Å²) in [4.78, 5) is 36.6. The summed E-state index contributed by atoms with van der Waals surface area (Å²) in [6.07, 6.45) is 1.92. The molecule has 2 saturated heterocycles. The van der Waals surface area contributed by atoms with Gasteiger partial charge < -0.3 is 15.3 Å². The van der Waals surface area contributed by atoms with Crippen LogP contribution in [0.1, 0.15) is 26.7 Å². The molecule has 0 aliphatic carbocycles. The van der Waals surface area contributed by atoms with Gasteiger partial charge in [-0.15, -0.1) is 0 Å². The predicted molar refractivity (Wildman–Crippen MR) is 84.6 cm³/mol. The van der Waals surface area contributed by atoms with Crippen LogP contribution in [0.3, 0.4) is 0 Å². The van der Waals surface area contributed by atoms with Crippen molar-refractivity contribution in [2.75, 3.05) is 12.0 Å². The van der Waals surface area contributed by atoms with E-state index in [1.54, 1.807) is 0 Å². The van der Waals surface area contributed by atoms with E-state index in [4.69, 9.17) is 0 Å². The molecular formula is C13H20N2O6S2. The fourth-order valence-corrected chi connectivity index (χ4v) is 5.60. The average Bonchev–Trinajstić information content (AvgIpc) is 2.56. The molecule has 2 N–H and O–H groups in total. The van der Waals surface area contributed by atoms with Gasteiger partial charge in [0.05, 0.1) is 11.2 Å². The number of thioether (sulfide) groups is 1. The first-order valence-electron chi connectivity index (χ1n) is 7.12. The van der Waals surface area contributed by atoms with Crippen LogP contribution in [0, 0.1) is 0 Å². The third-order valence-electron chi connectivity index (χ3n) is 4.45. The summed E-state index contributed by atoms with van der Waals surface area (Å²) >= 11 is 1.44. The molecule has 0 bridgehead atoms. The van der Waals surface area contributed by atoms with Crippen LogP contribution in [0.4, 0.5) is 0 Å². The van der Waals surface area contributed by atoms with Crippen LogP contribution in [-0.4, -0.2) is 70.4 Å². The number of carboxylic acid groups (broad SMARTS) is 1. The molecule has 0 aromatic rings. The van der Waals surface area contributed by atoms with E-state index < -0.39 is 49.8 Å². The Morgan fingerprint density at radius 1 is 1.48 bits per heavy atom. The quantitative estimate of drug-likeness (QED) is 0.606. The second-order valence-electron chi connectivity index (χ2n) is 6.19. The minimum atomic E-state index is -3.67. The lowest BCUT2D eigenvalue weighted by Gasteiger charge is -2.37. The van der Waals surface area contributed by atoms with Crippen LogP contribution in [0.15, 0.2) is 0 Å². The van der Waals surface area contributed by atoms with Crippen molar-refractivity contribution >= 4 is 39.4 Å². The van der Waals surface area contributed by atoms with Crippen molar-refractivity contribution in [1.82, 2.24) is 10.2 Å². The number of aliphatic carboxylic acids is 1. The SMILES string of the molecule is CSCC[C@H](NC(=O)[C@H]1N2C(=O)C[C@H]2S(=O)(=O)C1(C)C)C(=O)O. The Morgan fingerprint density at radius 3 is 2.57 bits per heavy atom. The van der Waals surface area contributed by atoms with Gasteiger partial charge in [-0.05, 0) is 32.3 Å². The molecule has 10 heteroatoms. The van der Waals surface area contributed by atoms with Gasteiger partial charge in [-0.3, -0.25) is 9.59 Å². The van der Waals surface area contributed by atoms with E-state index in [1.165, 1.54) is 25.6 Å². The number of rotatable bonds is 6. The molecule has 8 nitrogen and oxygen atoms in total. The predicted octanol–water partition coefficient (Wildman–Crippen LogP) is -0.557. The number of carboxylic acids is 1. The smallest absolute Gasteiger partial charge is 0.326 e. The summed E-state index contributed by atoms with van der Waals surface area (Å²) < 4.78 is 23.4. The third-order valence-corrected chi connectivity index (χ3v) is 7.89. The molecule has 3 atom stereocenters. The maximum Gasteiger partial charge on any atom is 0.326 e. The van der Waals surface area contributed by atoms with Crippen molar-refractivity contribution in [3.05, 3.63) is 0 Å². The molecular weight excluding hydrogens is 344 g/mol. The fraction of sp³-hybridized carbons (Fsp3) is 0.769. The lowest BCUT2D eigenvalue weighted by molar-refractivity contribution is -0.151. The summed E-state index contributed by atoms with van der Waals surface area (Å²) in [5, 5.41) is 10.6. The zero-order valence-electron chi connectivity index (χ0n) is 13.1. The number of carbonyl (C=O) groups is 3. The highest BCUT2D eigenvalue weighted by atomic mass is 32.2. The lowest BCUT2D eigenvalue weighted by atomic mass is 9.97. The monoisotopic (exact) mass is 364 g/mol. The first-order chi connectivity index (χ1) is 10.6. The Hall–Kier alpha value is -1.29. The van der Waals surface area contributed by atoms with Gasteiger partial charge in [0.1, 0.15) is 17.5 Å². The van der Waals surface area contributed by atoms with Crippen LogP contribution in [0.5, 0.6) is 0 Å². The van der Waals surface area contributed by atoms with E-state index in [0.717, 1.165) is 4.90 Å². The maximum atomic E-state index is 12.5.